The molecule has 1 aliphatic heterocycles. The third-order valence-corrected chi connectivity index (χ3v) is 3.67. The molecule has 0 radical (unpaired) electrons. The first kappa shape index (κ1) is 11.8. The number of aromatic nitrogens is 1. The van der Waals surface area contributed by atoms with E-state index in [1.54, 1.807) is 0 Å². The Bertz CT molecular complexity index is 551. The average Bonchev–Trinajstić information content (AvgIpc) is 2.58. The van der Waals surface area contributed by atoms with Gasteiger partial charge in [-0.25, -0.2) is 0 Å². The zero-order valence-corrected chi connectivity index (χ0v) is 11.1. The lowest BCUT2D eigenvalue weighted by atomic mass is 10.1. The van der Waals surface area contributed by atoms with Crippen LogP contribution in [0.15, 0.2) is 24.4 Å². The molecule has 3 heteroatoms. The minimum atomic E-state index is 0.179. The van der Waals surface area contributed by atoms with Crippen LogP contribution < -0.4 is 5.32 Å². The van der Waals surface area contributed by atoms with Gasteiger partial charge in [-0.2, -0.15) is 0 Å². The van der Waals surface area contributed by atoms with E-state index in [9.17, 15) is 0 Å². The molecule has 96 valence electrons. The number of hydrogen-bond donors (Lipinski definition) is 1. The molecule has 1 N–H and O–H groups in total. The van der Waals surface area contributed by atoms with Crippen LogP contribution in [0.1, 0.15) is 23.7 Å². The van der Waals surface area contributed by atoms with Gasteiger partial charge in [0.25, 0.3) is 0 Å². The summed E-state index contributed by atoms with van der Waals surface area (Å²) in [7, 11) is 2.10. The Kier molecular flexibility index (Phi) is 3.10. The van der Waals surface area contributed by atoms with Crippen molar-refractivity contribution in [3.63, 3.8) is 0 Å². The summed E-state index contributed by atoms with van der Waals surface area (Å²) in [6.07, 6.45) is 3.49. The van der Waals surface area contributed by atoms with Crippen molar-refractivity contribution in [1.82, 2.24) is 9.88 Å². The second-order valence-corrected chi connectivity index (χ2v) is 5.13. The van der Waals surface area contributed by atoms with Crippen molar-refractivity contribution < 1.29 is 4.74 Å². The number of nitrogens with zero attached hydrogens (tertiary/aromatic N) is 1. The first-order valence-corrected chi connectivity index (χ1v) is 6.63. The average molecular weight is 244 g/mol. The molecule has 3 rings (SSSR count). The highest BCUT2D eigenvalue weighted by Gasteiger charge is 2.19. The third-order valence-electron chi connectivity index (χ3n) is 3.67. The molecular weight excluding hydrogens is 224 g/mol. The Labute approximate surface area is 108 Å². The highest BCUT2D eigenvalue weighted by Crippen LogP contribution is 2.29. The smallest absolute Gasteiger partial charge is 0.0969 e. The van der Waals surface area contributed by atoms with Gasteiger partial charge in [0.15, 0.2) is 0 Å². The van der Waals surface area contributed by atoms with Gasteiger partial charge in [-0.1, -0.05) is 11.6 Å². The van der Waals surface area contributed by atoms with Crippen LogP contribution in [0.3, 0.4) is 0 Å². The van der Waals surface area contributed by atoms with Crippen molar-refractivity contribution in [2.24, 2.45) is 7.05 Å². The van der Waals surface area contributed by atoms with E-state index in [0.29, 0.717) is 0 Å². The number of aryl methyl sites for hydroxylation is 2. The van der Waals surface area contributed by atoms with E-state index < -0.39 is 0 Å². The fourth-order valence-electron chi connectivity index (χ4n) is 2.71. The first-order valence-electron chi connectivity index (χ1n) is 6.63. The van der Waals surface area contributed by atoms with E-state index >= 15 is 0 Å². The maximum absolute atomic E-state index is 5.97. The molecule has 0 spiro atoms. The summed E-state index contributed by atoms with van der Waals surface area (Å²) in [6, 6.07) is 6.62. The van der Waals surface area contributed by atoms with Crippen LogP contribution in [0.25, 0.3) is 10.9 Å². The van der Waals surface area contributed by atoms with Gasteiger partial charge in [-0.3, -0.25) is 0 Å². The largest absolute Gasteiger partial charge is 0.372 e. The van der Waals surface area contributed by atoms with E-state index in [-0.39, 0.29) is 6.10 Å². The van der Waals surface area contributed by atoms with Crippen LogP contribution >= 0.6 is 0 Å². The molecule has 2 aromatic rings. The zero-order chi connectivity index (χ0) is 12.5. The Morgan fingerprint density at radius 1 is 1.39 bits per heavy atom. The molecule has 0 saturated carbocycles. The van der Waals surface area contributed by atoms with Gasteiger partial charge in [0.1, 0.15) is 0 Å². The Morgan fingerprint density at radius 2 is 2.28 bits per heavy atom. The molecule has 2 heterocycles. The van der Waals surface area contributed by atoms with Crippen LogP contribution in [0.5, 0.6) is 0 Å². The molecule has 1 atom stereocenters. The highest BCUT2D eigenvalue weighted by molar-refractivity contribution is 5.85. The van der Waals surface area contributed by atoms with Crippen LogP contribution in [-0.4, -0.2) is 24.3 Å². The normalized spacial score (nSPS) is 21.1. The zero-order valence-electron chi connectivity index (χ0n) is 11.1. The Hall–Kier alpha value is -1.32. The van der Waals surface area contributed by atoms with Crippen molar-refractivity contribution in [1.29, 1.82) is 0 Å². The summed E-state index contributed by atoms with van der Waals surface area (Å²) in [4.78, 5) is 0. The van der Waals surface area contributed by atoms with Crippen LogP contribution in [0, 0.1) is 6.92 Å². The van der Waals surface area contributed by atoms with E-state index in [1.807, 2.05) is 0 Å². The van der Waals surface area contributed by atoms with Crippen molar-refractivity contribution in [2.75, 3.05) is 19.7 Å². The number of hydrogen-bond acceptors (Lipinski definition) is 2. The maximum Gasteiger partial charge on any atom is 0.0969 e. The van der Waals surface area contributed by atoms with Gasteiger partial charge in [0.05, 0.1) is 6.10 Å². The molecule has 1 saturated heterocycles. The number of fused-ring (bicyclic) bond motifs is 1. The molecule has 1 unspecified atom stereocenters. The molecule has 18 heavy (non-hydrogen) atoms. The number of ether oxygens (including phenoxy) is 1. The molecule has 1 fully saturated rings. The SMILES string of the molecule is Cc1ccc2c(c1)c(C1CNCCCO1)cn2C. The molecule has 1 aliphatic rings. The second kappa shape index (κ2) is 4.75. The molecular formula is C15H20N2O. The monoisotopic (exact) mass is 244 g/mol. The minimum Gasteiger partial charge on any atom is -0.372 e. The lowest BCUT2D eigenvalue weighted by Crippen LogP contribution is -2.19. The van der Waals surface area contributed by atoms with Gasteiger partial charge in [-0.05, 0) is 32.0 Å². The lowest BCUT2D eigenvalue weighted by molar-refractivity contribution is 0.0678. The first-order chi connectivity index (χ1) is 8.75. The molecule has 0 bridgehead atoms. The van der Waals surface area contributed by atoms with Crippen LogP contribution in [0.2, 0.25) is 0 Å². The summed E-state index contributed by atoms with van der Waals surface area (Å²) in [5.74, 6) is 0. The van der Waals surface area contributed by atoms with Crippen molar-refractivity contribution in [2.45, 2.75) is 19.4 Å². The summed E-state index contributed by atoms with van der Waals surface area (Å²) >= 11 is 0. The molecule has 1 aromatic carbocycles. The summed E-state index contributed by atoms with van der Waals surface area (Å²) in [5.41, 5.74) is 3.89. The van der Waals surface area contributed by atoms with Crippen molar-refractivity contribution >= 4 is 10.9 Å². The van der Waals surface area contributed by atoms with E-state index in [0.717, 1.165) is 26.1 Å². The lowest BCUT2D eigenvalue weighted by Gasteiger charge is -2.14. The van der Waals surface area contributed by atoms with E-state index in [1.165, 1.54) is 22.0 Å². The standard InChI is InChI=1S/C15H20N2O/c1-11-4-5-14-12(8-11)13(10-17(14)2)15-9-16-6-3-7-18-15/h4-5,8,10,15-16H,3,6-7,9H2,1-2H3. The van der Waals surface area contributed by atoms with E-state index in [2.05, 4.69) is 48.3 Å². The topological polar surface area (TPSA) is 26.2 Å². The Morgan fingerprint density at radius 3 is 3.17 bits per heavy atom. The van der Waals surface area contributed by atoms with Crippen LogP contribution in [-0.2, 0) is 11.8 Å². The minimum absolute atomic E-state index is 0.179. The predicted molar refractivity (Wildman–Crippen MR) is 73.8 cm³/mol. The van der Waals surface area contributed by atoms with E-state index in [4.69, 9.17) is 4.74 Å². The van der Waals surface area contributed by atoms with Gasteiger partial charge >= 0.3 is 0 Å². The molecule has 0 aliphatic carbocycles. The number of benzene rings is 1. The number of rotatable bonds is 1. The molecule has 1 aromatic heterocycles. The van der Waals surface area contributed by atoms with Gasteiger partial charge in [0.2, 0.25) is 0 Å². The second-order valence-electron chi connectivity index (χ2n) is 5.13. The molecule has 0 amide bonds. The van der Waals surface area contributed by atoms with Crippen molar-refractivity contribution in [3.8, 4) is 0 Å². The van der Waals surface area contributed by atoms with Crippen LogP contribution in [0.4, 0.5) is 0 Å². The van der Waals surface area contributed by atoms with Gasteiger partial charge in [-0.15, -0.1) is 0 Å². The fourth-order valence-corrected chi connectivity index (χ4v) is 2.71. The maximum atomic E-state index is 5.97. The Balaban J connectivity index is 2.07. The van der Waals surface area contributed by atoms with Crippen molar-refractivity contribution in [3.05, 3.63) is 35.5 Å². The quantitative estimate of drug-likeness (QED) is 0.834. The summed E-state index contributed by atoms with van der Waals surface area (Å²) in [5, 5.41) is 4.78. The highest BCUT2D eigenvalue weighted by atomic mass is 16.5. The fraction of sp³-hybridized carbons (Fsp3) is 0.467. The summed E-state index contributed by atoms with van der Waals surface area (Å²) in [6.45, 7) is 4.95. The molecule has 3 nitrogen and oxygen atoms in total. The third kappa shape index (κ3) is 2.04. The van der Waals surface area contributed by atoms with Gasteiger partial charge < -0.3 is 14.6 Å². The predicted octanol–water partition coefficient (Wildman–Crippen LogP) is 2.54. The van der Waals surface area contributed by atoms with Gasteiger partial charge in [0, 0.05) is 42.9 Å². The number of nitrogens with one attached hydrogen (secondary N) is 1. The summed E-state index contributed by atoms with van der Waals surface area (Å²) < 4.78 is 8.17.